The fraction of sp³-hybridized carbons (Fsp3) is 0.0526. The molecule has 384 valence electrons. The lowest BCUT2D eigenvalue weighted by Gasteiger charge is -2.46. The molecular weight excluding hydrogens is 980 g/mol. The predicted octanol–water partition coefficient (Wildman–Crippen LogP) is 18.6. The van der Waals surface area contributed by atoms with E-state index >= 15 is 0 Å². The van der Waals surface area contributed by atoms with Gasteiger partial charge < -0.3 is 19.3 Å². The van der Waals surface area contributed by atoms with Crippen molar-refractivity contribution in [2.75, 3.05) is 14.7 Å². The summed E-state index contributed by atoms with van der Waals surface area (Å²) in [5.74, 6) is 0. The minimum absolute atomic E-state index is 0.197. The standard InChI is InChI=1S/C76H57BN4/c1-76(2,3)55-49-71-74-72(50-55)81(66-43-25-21-39-61(66)54-31-13-6-14-32-54)70-51-58(78(56-33-15-7-16-34-56)57-35-17-8-18-36-57)45-46-63(70)77(74)75-69(80(71)65-42-24-20-38-60(65)53-29-11-5-12-30-53)48-47-68-73(75)62-40-22-26-44-67(62)79(68)64-41-23-19-37-59(64)52-27-9-4-10-28-52/h4-51H,1-3H3. The molecule has 0 fully saturated rings. The number of aromatic nitrogens is 1. The van der Waals surface area contributed by atoms with Gasteiger partial charge in [0, 0.05) is 67.3 Å². The molecule has 4 nitrogen and oxygen atoms in total. The molecule has 3 heterocycles. The van der Waals surface area contributed by atoms with Crippen molar-refractivity contribution in [3.63, 3.8) is 0 Å². The Morgan fingerprint density at radius 3 is 1.30 bits per heavy atom. The Bertz CT molecular complexity index is 4470. The highest BCUT2D eigenvalue weighted by Gasteiger charge is 2.46. The number of anilines is 9. The van der Waals surface area contributed by atoms with E-state index in [0.29, 0.717) is 0 Å². The number of para-hydroxylation sites is 6. The summed E-state index contributed by atoms with van der Waals surface area (Å²) in [5, 5.41) is 2.46. The van der Waals surface area contributed by atoms with Gasteiger partial charge in [0.15, 0.2) is 0 Å². The molecule has 13 aromatic rings. The van der Waals surface area contributed by atoms with Crippen molar-refractivity contribution < 1.29 is 0 Å². The molecule has 0 unspecified atom stereocenters. The number of nitrogens with zero attached hydrogens (tertiary/aromatic N) is 4. The quantitative estimate of drug-likeness (QED) is 0.134. The van der Waals surface area contributed by atoms with Crippen LogP contribution in [0.5, 0.6) is 0 Å². The zero-order valence-electron chi connectivity index (χ0n) is 45.6. The molecule has 2 aliphatic rings. The van der Waals surface area contributed by atoms with Crippen LogP contribution in [0.3, 0.4) is 0 Å². The zero-order chi connectivity index (χ0) is 54.2. The van der Waals surface area contributed by atoms with Gasteiger partial charge in [0.1, 0.15) is 0 Å². The Labute approximate surface area is 474 Å². The van der Waals surface area contributed by atoms with Crippen LogP contribution in [0.25, 0.3) is 60.9 Å². The van der Waals surface area contributed by atoms with Gasteiger partial charge >= 0.3 is 0 Å². The van der Waals surface area contributed by atoms with Crippen LogP contribution < -0.4 is 31.1 Å². The molecule has 81 heavy (non-hydrogen) atoms. The lowest BCUT2D eigenvalue weighted by Crippen LogP contribution is -2.61. The Morgan fingerprint density at radius 2 is 0.765 bits per heavy atom. The van der Waals surface area contributed by atoms with Gasteiger partial charge in [0.25, 0.3) is 6.71 Å². The van der Waals surface area contributed by atoms with Crippen molar-refractivity contribution in [3.05, 3.63) is 297 Å². The second-order valence-electron chi connectivity index (χ2n) is 22.4. The third-order valence-corrected chi connectivity index (χ3v) is 16.7. The van der Waals surface area contributed by atoms with Gasteiger partial charge in [-0.3, -0.25) is 0 Å². The van der Waals surface area contributed by atoms with Crippen molar-refractivity contribution in [2.45, 2.75) is 26.2 Å². The SMILES string of the molecule is CC(C)(C)c1cc2c3c(c1)N(c1ccccc1-c1ccccc1)c1ccc4c(c1B3c1ccc(N(c3ccccc3)c3ccccc3)cc1N2c1ccccc1-c1ccccc1)c1ccccc1n4-c1ccccc1-c1ccccc1. The molecule has 0 aliphatic carbocycles. The first-order valence-electron chi connectivity index (χ1n) is 28.2. The number of benzene rings is 12. The molecule has 0 radical (unpaired) electrons. The van der Waals surface area contributed by atoms with E-state index in [2.05, 4.69) is 331 Å². The van der Waals surface area contributed by atoms with E-state index in [1.165, 1.54) is 83.1 Å². The van der Waals surface area contributed by atoms with Gasteiger partial charge in [-0.15, -0.1) is 0 Å². The third-order valence-electron chi connectivity index (χ3n) is 16.7. The minimum atomic E-state index is -0.223. The van der Waals surface area contributed by atoms with E-state index in [1.54, 1.807) is 0 Å². The topological polar surface area (TPSA) is 14.7 Å². The molecule has 12 aromatic carbocycles. The maximum atomic E-state index is 2.62. The van der Waals surface area contributed by atoms with Crippen molar-refractivity contribution in [2.24, 2.45) is 0 Å². The van der Waals surface area contributed by atoms with Crippen molar-refractivity contribution >= 4 is 96.1 Å². The van der Waals surface area contributed by atoms with Crippen LogP contribution in [-0.2, 0) is 5.41 Å². The summed E-state index contributed by atoms with van der Waals surface area (Å²) in [6.07, 6.45) is 0. The smallest absolute Gasteiger partial charge is 0.253 e. The first-order chi connectivity index (χ1) is 39.9. The summed E-state index contributed by atoms with van der Waals surface area (Å²) in [5.41, 5.74) is 25.5. The van der Waals surface area contributed by atoms with E-state index in [1.807, 2.05) is 0 Å². The summed E-state index contributed by atoms with van der Waals surface area (Å²) < 4.78 is 2.53. The average Bonchev–Trinajstić information content (AvgIpc) is 4.04. The summed E-state index contributed by atoms with van der Waals surface area (Å²) >= 11 is 0. The highest BCUT2D eigenvalue weighted by atomic mass is 15.2. The second-order valence-corrected chi connectivity index (χ2v) is 22.4. The Morgan fingerprint density at radius 1 is 0.321 bits per heavy atom. The molecule has 0 bridgehead atoms. The number of fused-ring (bicyclic) bond motifs is 8. The normalized spacial score (nSPS) is 12.6. The lowest BCUT2D eigenvalue weighted by molar-refractivity contribution is 0.590. The largest absolute Gasteiger partial charge is 0.311 e. The van der Waals surface area contributed by atoms with E-state index in [-0.39, 0.29) is 12.1 Å². The molecule has 0 N–H and O–H groups in total. The van der Waals surface area contributed by atoms with Gasteiger partial charge in [-0.05, 0) is 129 Å². The zero-order valence-corrected chi connectivity index (χ0v) is 45.6. The molecule has 15 rings (SSSR count). The summed E-state index contributed by atoms with van der Waals surface area (Å²) in [7, 11) is 0. The van der Waals surface area contributed by atoms with Crippen LogP contribution in [0.1, 0.15) is 26.3 Å². The molecule has 0 saturated carbocycles. The van der Waals surface area contributed by atoms with Crippen LogP contribution in [-0.4, -0.2) is 11.3 Å². The van der Waals surface area contributed by atoms with E-state index in [9.17, 15) is 0 Å². The highest BCUT2D eigenvalue weighted by molar-refractivity contribution is 7.02. The molecule has 1 aromatic heterocycles. The first-order valence-corrected chi connectivity index (χ1v) is 28.2. The van der Waals surface area contributed by atoms with E-state index in [0.717, 1.165) is 50.9 Å². The summed E-state index contributed by atoms with van der Waals surface area (Å²) in [6, 6.07) is 108. The van der Waals surface area contributed by atoms with Crippen molar-refractivity contribution in [1.82, 2.24) is 4.57 Å². The number of hydrogen-bond acceptors (Lipinski definition) is 3. The Balaban J connectivity index is 1.11. The summed E-state index contributed by atoms with van der Waals surface area (Å²) in [6.45, 7) is 6.88. The van der Waals surface area contributed by atoms with Crippen molar-refractivity contribution in [1.29, 1.82) is 0 Å². The van der Waals surface area contributed by atoms with Crippen molar-refractivity contribution in [3.8, 4) is 39.1 Å². The Hall–Kier alpha value is -10.1. The Kier molecular flexibility index (Phi) is 11.5. The molecule has 0 spiro atoms. The summed E-state index contributed by atoms with van der Waals surface area (Å²) in [4.78, 5) is 7.64. The third kappa shape index (κ3) is 7.91. The fourth-order valence-corrected chi connectivity index (χ4v) is 13.1. The number of rotatable bonds is 9. The van der Waals surface area contributed by atoms with Gasteiger partial charge in [-0.2, -0.15) is 0 Å². The molecular formula is C76H57BN4. The van der Waals surface area contributed by atoms with Crippen LogP contribution in [0.2, 0.25) is 0 Å². The van der Waals surface area contributed by atoms with Gasteiger partial charge in [-0.25, -0.2) is 0 Å². The monoisotopic (exact) mass is 1040 g/mol. The molecule has 0 atom stereocenters. The lowest BCUT2D eigenvalue weighted by atomic mass is 9.33. The predicted molar refractivity (Wildman–Crippen MR) is 344 cm³/mol. The van der Waals surface area contributed by atoms with Gasteiger partial charge in [0.05, 0.1) is 28.1 Å². The van der Waals surface area contributed by atoms with E-state index < -0.39 is 0 Å². The minimum Gasteiger partial charge on any atom is -0.311 e. The van der Waals surface area contributed by atoms with Crippen LogP contribution >= 0.6 is 0 Å². The highest BCUT2D eigenvalue weighted by Crippen LogP contribution is 2.52. The fourth-order valence-electron chi connectivity index (χ4n) is 13.1. The maximum Gasteiger partial charge on any atom is 0.253 e. The van der Waals surface area contributed by atoms with E-state index in [4.69, 9.17) is 0 Å². The molecule has 2 aliphatic heterocycles. The number of hydrogen-bond donors (Lipinski definition) is 0. The van der Waals surface area contributed by atoms with Crippen LogP contribution in [0.4, 0.5) is 51.2 Å². The maximum absolute atomic E-state index is 2.62. The van der Waals surface area contributed by atoms with Crippen LogP contribution in [0.15, 0.2) is 291 Å². The average molecular weight is 1040 g/mol. The molecule has 5 heteroatoms. The molecule has 0 saturated heterocycles. The first kappa shape index (κ1) is 48.1. The van der Waals surface area contributed by atoms with Crippen LogP contribution in [0, 0.1) is 0 Å². The molecule has 0 amide bonds. The second kappa shape index (κ2) is 19.4. The van der Waals surface area contributed by atoms with Gasteiger partial charge in [0.2, 0.25) is 0 Å². The van der Waals surface area contributed by atoms with Gasteiger partial charge in [-0.1, -0.05) is 227 Å².